The Kier molecular flexibility index (Phi) is 4.41. The normalized spacial score (nSPS) is 13.9. The van der Waals surface area contributed by atoms with Crippen LogP contribution in [-0.4, -0.2) is 14.8 Å². The number of nitrogens with zero attached hydrogens (tertiary/aromatic N) is 3. The van der Waals surface area contributed by atoms with Crippen LogP contribution in [-0.2, 0) is 25.6 Å². The fourth-order valence-electron chi connectivity index (χ4n) is 3.09. The van der Waals surface area contributed by atoms with Crippen LogP contribution in [0.4, 0.5) is 4.39 Å². The Balaban J connectivity index is 1.55. The maximum absolute atomic E-state index is 13.0. The number of fused-ring (bicyclic) bond motifs is 1. The molecule has 2 aromatic heterocycles. The summed E-state index contributed by atoms with van der Waals surface area (Å²) in [4.78, 5) is 1.51. The van der Waals surface area contributed by atoms with Crippen molar-refractivity contribution in [3.63, 3.8) is 0 Å². The molecule has 0 unspecified atom stereocenters. The molecule has 0 spiro atoms. The van der Waals surface area contributed by atoms with E-state index in [4.69, 9.17) is 0 Å². The van der Waals surface area contributed by atoms with Crippen LogP contribution >= 0.6 is 23.1 Å². The van der Waals surface area contributed by atoms with Crippen molar-refractivity contribution >= 4 is 23.1 Å². The Morgan fingerprint density at radius 1 is 1.17 bits per heavy atom. The second-order valence-electron chi connectivity index (χ2n) is 6.04. The van der Waals surface area contributed by atoms with Gasteiger partial charge in [0.1, 0.15) is 5.82 Å². The van der Waals surface area contributed by atoms with E-state index in [1.54, 1.807) is 11.8 Å². The summed E-state index contributed by atoms with van der Waals surface area (Å²) in [6, 6.07) is 6.62. The summed E-state index contributed by atoms with van der Waals surface area (Å²) in [5, 5.41) is 11.9. The van der Waals surface area contributed by atoms with Gasteiger partial charge in [0.2, 0.25) is 0 Å². The molecular weight excluding hydrogens is 341 g/mol. The molecule has 24 heavy (non-hydrogen) atoms. The van der Waals surface area contributed by atoms with Crippen LogP contribution in [0.2, 0.25) is 0 Å². The summed E-state index contributed by atoms with van der Waals surface area (Å²) < 4.78 is 15.1. The van der Waals surface area contributed by atoms with Gasteiger partial charge in [-0.3, -0.25) is 0 Å². The lowest BCUT2D eigenvalue weighted by Gasteiger charge is -2.12. The molecule has 0 amide bonds. The minimum absolute atomic E-state index is 0.202. The van der Waals surface area contributed by atoms with Gasteiger partial charge in [-0.05, 0) is 48.9 Å². The maximum Gasteiger partial charge on any atom is 0.191 e. The molecule has 0 atom stereocenters. The average Bonchev–Trinajstić information content (AvgIpc) is 3.18. The van der Waals surface area contributed by atoms with Crippen LogP contribution < -0.4 is 0 Å². The average molecular weight is 359 g/mol. The molecule has 2 heterocycles. The maximum atomic E-state index is 13.0. The van der Waals surface area contributed by atoms with Gasteiger partial charge in [0.15, 0.2) is 11.0 Å². The predicted octanol–water partition coefficient (Wildman–Crippen LogP) is 4.85. The minimum atomic E-state index is -0.202. The van der Waals surface area contributed by atoms with E-state index in [0.717, 1.165) is 28.7 Å². The van der Waals surface area contributed by atoms with Crippen LogP contribution in [0.3, 0.4) is 0 Å². The van der Waals surface area contributed by atoms with Crippen LogP contribution in [0.1, 0.15) is 28.8 Å². The van der Waals surface area contributed by atoms with Gasteiger partial charge in [-0.25, -0.2) is 4.39 Å². The molecule has 0 radical (unpaired) electrons. The zero-order valence-corrected chi connectivity index (χ0v) is 15.1. The third-order valence-electron chi connectivity index (χ3n) is 4.42. The highest BCUT2D eigenvalue weighted by molar-refractivity contribution is 7.98. The van der Waals surface area contributed by atoms with Gasteiger partial charge in [0.25, 0.3) is 0 Å². The molecule has 0 fully saturated rings. The molecule has 124 valence electrons. The highest BCUT2D eigenvalue weighted by Crippen LogP contribution is 2.36. The van der Waals surface area contributed by atoms with Crippen molar-refractivity contribution in [2.75, 3.05) is 0 Å². The second kappa shape index (κ2) is 6.69. The fourth-order valence-corrected chi connectivity index (χ4v) is 5.08. The fraction of sp³-hybridized carbons (Fsp3) is 0.333. The molecule has 6 heteroatoms. The van der Waals surface area contributed by atoms with Crippen molar-refractivity contribution in [1.82, 2.24) is 14.8 Å². The molecule has 0 saturated heterocycles. The SMILES string of the molecule is Cn1c(SCc2ccc(F)cc2)nnc1-c1csc2c1CCCC2. The quantitative estimate of drug-likeness (QED) is 0.624. The van der Waals surface area contributed by atoms with Crippen LogP contribution in [0, 0.1) is 5.82 Å². The largest absolute Gasteiger partial charge is 0.305 e. The van der Waals surface area contributed by atoms with Crippen molar-refractivity contribution in [3.8, 4) is 11.4 Å². The third-order valence-corrected chi connectivity index (χ3v) is 6.60. The molecule has 4 rings (SSSR count). The van der Waals surface area contributed by atoms with Crippen molar-refractivity contribution in [1.29, 1.82) is 0 Å². The number of benzene rings is 1. The van der Waals surface area contributed by atoms with E-state index in [1.165, 1.54) is 47.4 Å². The van der Waals surface area contributed by atoms with Gasteiger partial charge in [-0.1, -0.05) is 23.9 Å². The number of hydrogen-bond donors (Lipinski definition) is 0. The first-order valence-corrected chi connectivity index (χ1v) is 9.95. The van der Waals surface area contributed by atoms with Crippen LogP contribution in [0.25, 0.3) is 11.4 Å². The molecule has 0 bridgehead atoms. The van der Waals surface area contributed by atoms with Gasteiger partial charge in [-0.15, -0.1) is 21.5 Å². The number of thioether (sulfide) groups is 1. The third kappa shape index (κ3) is 3.00. The van der Waals surface area contributed by atoms with Crippen LogP contribution in [0.5, 0.6) is 0 Å². The predicted molar refractivity (Wildman–Crippen MR) is 96.9 cm³/mol. The van der Waals surface area contributed by atoms with Gasteiger partial charge in [0.05, 0.1) is 0 Å². The minimum Gasteiger partial charge on any atom is -0.305 e. The van der Waals surface area contributed by atoms with Crippen molar-refractivity contribution in [3.05, 3.63) is 51.5 Å². The zero-order chi connectivity index (χ0) is 16.5. The van der Waals surface area contributed by atoms with Gasteiger partial charge in [0, 0.05) is 28.6 Å². The first-order chi connectivity index (χ1) is 11.7. The van der Waals surface area contributed by atoms with E-state index in [9.17, 15) is 4.39 Å². The van der Waals surface area contributed by atoms with E-state index in [1.807, 2.05) is 30.5 Å². The first kappa shape index (κ1) is 15.8. The van der Waals surface area contributed by atoms with Gasteiger partial charge in [-0.2, -0.15) is 0 Å². The topological polar surface area (TPSA) is 30.7 Å². The Hall–Kier alpha value is -1.66. The van der Waals surface area contributed by atoms with E-state index in [0.29, 0.717) is 0 Å². The Bertz CT molecular complexity index is 852. The standard InChI is InChI=1S/C18H18FN3S2/c1-22-17(15-11-23-16-5-3-2-4-14(15)16)20-21-18(22)24-10-12-6-8-13(19)9-7-12/h6-9,11H,2-5,10H2,1H3. The van der Waals surface area contributed by atoms with E-state index in [2.05, 4.69) is 20.1 Å². The number of halogens is 1. The summed E-state index contributed by atoms with van der Waals surface area (Å²) in [7, 11) is 2.02. The Labute approximate surface area is 148 Å². The molecule has 1 aromatic carbocycles. The molecule has 0 aliphatic heterocycles. The van der Waals surface area contributed by atoms with Crippen LogP contribution in [0.15, 0.2) is 34.8 Å². The highest BCUT2D eigenvalue weighted by atomic mass is 32.2. The molecule has 3 aromatic rings. The summed E-state index contributed by atoms with van der Waals surface area (Å²) >= 11 is 3.48. The lowest BCUT2D eigenvalue weighted by atomic mass is 9.96. The molecule has 0 N–H and O–H groups in total. The van der Waals surface area contributed by atoms with Crippen molar-refractivity contribution in [2.45, 2.75) is 36.6 Å². The van der Waals surface area contributed by atoms with Crippen molar-refractivity contribution in [2.24, 2.45) is 7.05 Å². The molecule has 1 aliphatic carbocycles. The van der Waals surface area contributed by atoms with Gasteiger partial charge < -0.3 is 4.57 Å². The van der Waals surface area contributed by atoms with Crippen molar-refractivity contribution < 1.29 is 4.39 Å². The second-order valence-corrected chi connectivity index (χ2v) is 7.95. The smallest absolute Gasteiger partial charge is 0.191 e. The number of aryl methyl sites for hydroxylation is 1. The number of aromatic nitrogens is 3. The highest BCUT2D eigenvalue weighted by Gasteiger charge is 2.20. The first-order valence-electron chi connectivity index (χ1n) is 8.08. The number of hydrogen-bond acceptors (Lipinski definition) is 4. The summed E-state index contributed by atoms with van der Waals surface area (Å²) in [6.45, 7) is 0. The molecule has 3 nitrogen and oxygen atoms in total. The molecule has 0 saturated carbocycles. The summed E-state index contributed by atoms with van der Waals surface area (Å²) in [5.74, 6) is 1.51. The lowest BCUT2D eigenvalue weighted by molar-refractivity contribution is 0.627. The molecule has 1 aliphatic rings. The Morgan fingerprint density at radius 2 is 1.96 bits per heavy atom. The number of thiophene rings is 1. The Morgan fingerprint density at radius 3 is 2.79 bits per heavy atom. The zero-order valence-electron chi connectivity index (χ0n) is 13.5. The van der Waals surface area contributed by atoms with E-state index >= 15 is 0 Å². The van der Waals surface area contributed by atoms with E-state index < -0.39 is 0 Å². The summed E-state index contributed by atoms with van der Waals surface area (Å²) in [5.41, 5.74) is 3.80. The number of rotatable bonds is 4. The lowest BCUT2D eigenvalue weighted by Crippen LogP contribution is -2.02. The monoisotopic (exact) mass is 359 g/mol. The van der Waals surface area contributed by atoms with E-state index in [-0.39, 0.29) is 5.82 Å². The summed E-state index contributed by atoms with van der Waals surface area (Å²) in [6.07, 6.45) is 4.91. The van der Waals surface area contributed by atoms with Gasteiger partial charge >= 0.3 is 0 Å². The molecular formula is C18H18FN3S2.